The van der Waals surface area contributed by atoms with Gasteiger partial charge in [-0.1, -0.05) is 0 Å². The molecule has 1 aliphatic carbocycles. The lowest BCUT2D eigenvalue weighted by Gasteiger charge is -2.20. The predicted octanol–water partition coefficient (Wildman–Crippen LogP) is 0.326. The fourth-order valence-electron chi connectivity index (χ4n) is 2.12. The molecule has 0 aromatic rings. The number of aliphatic carboxylic acids is 1. The first-order chi connectivity index (χ1) is 8.08. The van der Waals surface area contributed by atoms with Gasteiger partial charge in [-0.05, 0) is 32.1 Å². The molecular formula is C11H18N2O4. The van der Waals surface area contributed by atoms with Crippen LogP contribution in [0, 0.1) is 5.92 Å². The van der Waals surface area contributed by atoms with E-state index in [0.717, 1.165) is 19.3 Å². The molecule has 0 spiro atoms. The molecule has 1 heterocycles. The number of carbonyl (C=O) groups is 2. The summed E-state index contributed by atoms with van der Waals surface area (Å²) in [4.78, 5) is 22.1. The first kappa shape index (κ1) is 12.2. The average molecular weight is 242 g/mol. The van der Waals surface area contributed by atoms with Crippen LogP contribution in [0.25, 0.3) is 0 Å². The summed E-state index contributed by atoms with van der Waals surface area (Å²) in [5.41, 5.74) is 0. The molecule has 3 unspecified atom stereocenters. The number of carboxylic acids is 1. The minimum Gasteiger partial charge on any atom is -0.480 e. The minimum atomic E-state index is -1.04. The Morgan fingerprint density at radius 2 is 2.06 bits per heavy atom. The second-order valence-electron chi connectivity index (χ2n) is 4.75. The van der Waals surface area contributed by atoms with Crippen LogP contribution < -0.4 is 10.6 Å². The van der Waals surface area contributed by atoms with E-state index < -0.39 is 18.0 Å². The fourth-order valence-corrected chi connectivity index (χ4v) is 2.12. The first-order valence-corrected chi connectivity index (χ1v) is 5.99. The van der Waals surface area contributed by atoms with Gasteiger partial charge in [0.25, 0.3) is 0 Å². The molecule has 2 rings (SSSR count). The molecule has 1 saturated carbocycles. The van der Waals surface area contributed by atoms with E-state index in [0.29, 0.717) is 12.5 Å². The van der Waals surface area contributed by atoms with Gasteiger partial charge in [-0.3, -0.25) is 4.79 Å². The second kappa shape index (κ2) is 4.91. The zero-order chi connectivity index (χ0) is 12.4. The largest absolute Gasteiger partial charge is 0.480 e. The molecule has 1 aliphatic heterocycles. The van der Waals surface area contributed by atoms with Crippen LogP contribution in [0.5, 0.6) is 0 Å². The Hall–Kier alpha value is -1.30. The van der Waals surface area contributed by atoms with Crippen molar-refractivity contribution in [1.82, 2.24) is 10.6 Å². The predicted molar refractivity (Wildman–Crippen MR) is 59.6 cm³/mol. The molecule has 17 heavy (non-hydrogen) atoms. The van der Waals surface area contributed by atoms with Crippen molar-refractivity contribution in [2.45, 2.75) is 44.4 Å². The van der Waals surface area contributed by atoms with Gasteiger partial charge < -0.3 is 20.5 Å². The third-order valence-corrected chi connectivity index (χ3v) is 3.26. The SMILES string of the molecule is CC(NC(=O)NC1CCOC1C1CC1)C(=O)O. The molecule has 0 radical (unpaired) electrons. The van der Waals surface area contributed by atoms with E-state index in [1.54, 1.807) is 0 Å². The highest BCUT2D eigenvalue weighted by atomic mass is 16.5. The van der Waals surface area contributed by atoms with Gasteiger partial charge >= 0.3 is 12.0 Å². The van der Waals surface area contributed by atoms with E-state index >= 15 is 0 Å². The second-order valence-corrected chi connectivity index (χ2v) is 4.75. The van der Waals surface area contributed by atoms with Gasteiger partial charge in [0.1, 0.15) is 6.04 Å². The molecule has 0 bridgehead atoms. The quantitative estimate of drug-likeness (QED) is 0.662. The lowest BCUT2D eigenvalue weighted by molar-refractivity contribution is -0.138. The molecule has 2 aliphatic rings. The van der Waals surface area contributed by atoms with Crippen molar-refractivity contribution in [3.8, 4) is 0 Å². The monoisotopic (exact) mass is 242 g/mol. The zero-order valence-electron chi connectivity index (χ0n) is 9.81. The number of amides is 2. The Morgan fingerprint density at radius 1 is 1.35 bits per heavy atom. The van der Waals surface area contributed by atoms with Crippen molar-refractivity contribution in [2.24, 2.45) is 5.92 Å². The van der Waals surface area contributed by atoms with Crippen molar-refractivity contribution < 1.29 is 19.4 Å². The minimum absolute atomic E-state index is 0.0171. The van der Waals surface area contributed by atoms with Gasteiger partial charge in [0.05, 0.1) is 12.1 Å². The van der Waals surface area contributed by atoms with E-state index in [9.17, 15) is 9.59 Å². The Labute approximate surface area is 99.7 Å². The van der Waals surface area contributed by atoms with Crippen molar-refractivity contribution in [1.29, 1.82) is 0 Å². The molecule has 2 fully saturated rings. The Balaban J connectivity index is 1.79. The summed E-state index contributed by atoms with van der Waals surface area (Å²) < 4.78 is 5.58. The van der Waals surface area contributed by atoms with Crippen LogP contribution in [0.1, 0.15) is 26.2 Å². The highest BCUT2D eigenvalue weighted by molar-refractivity contribution is 5.82. The van der Waals surface area contributed by atoms with Crippen molar-refractivity contribution >= 4 is 12.0 Å². The molecular weight excluding hydrogens is 224 g/mol. The number of urea groups is 1. The molecule has 2 amide bonds. The van der Waals surface area contributed by atoms with Crippen LogP contribution in [-0.4, -0.2) is 41.9 Å². The van der Waals surface area contributed by atoms with Gasteiger partial charge in [0.15, 0.2) is 0 Å². The summed E-state index contributed by atoms with van der Waals surface area (Å²) in [5, 5.41) is 13.9. The molecule has 1 saturated heterocycles. The Morgan fingerprint density at radius 3 is 2.65 bits per heavy atom. The summed E-state index contributed by atoms with van der Waals surface area (Å²) in [6, 6.07) is -1.29. The normalized spacial score (nSPS) is 29.7. The maximum absolute atomic E-state index is 11.6. The lowest BCUT2D eigenvalue weighted by Crippen LogP contribution is -2.50. The van der Waals surface area contributed by atoms with E-state index in [-0.39, 0.29) is 12.1 Å². The fraction of sp³-hybridized carbons (Fsp3) is 0.818. The van der Waals surface area contributed by atoms with Crippen LogP contribution in [0.15, 0.2) is 0 Å². The lowest BCUT2D eigenvalue weighted by atomic mass is 10.1. The Kier molecular flexibility index (Phi) is 3.51. The maximum Gasteiger partial charge on any atom is 0.325 e. The highest BCUT2D eigenvalue weighted by Crippen LogP contribution is 2.38. The van der Waals surface area contributed by atoms with E-state index in [1.807, 2.05) is 0 Å². The number of carbonyl (C=O) groups excluding carboxylic acids is 1. The summed E-state index contributed by atoms with van der Waals surface area (Å²) in [5.74, 6) is -0.471. The number of hydrogen-bond donors (Lipinski definition) is 3. The molecule has 96 valence electrons. The van der Waals surface area contributed by atoms with Crippen LogP contribution in [-0.2, 0) is 9.53 Å². The third-order valence-electron chi connectivity index (χ3n) is 3.26. The zero-order valence-corrected chi connectivity index (χ0v) is 9.81. The third kappa shape index (κ3) is 3.09. The number of nitrogens with one attached hydrogen (secondary N) is 2. The van der Waals surface area contributed by atoms with Crippen molar-refractivity contribution in [2.75, 3.05) is 6.61 Å². The number of rotatable bonds is 4. The van der Waals surface area contributed by atoms with Crippen LogP contribution in [0.2, 0.25) is 0 Å². The van der Waals surface area contributed by atoms with Gasteiger partial charge in [-0.2, -0.15) is 0 Å². The number of hydrogen-bond acceptors (Lipinski definition) is 3. The molecule has 3 N–H and O–H groups in total. The van der Waals surface area contributed by atoms with E-state index in [1.165, 1.54) is 6.92 Å². The molecule has 6 nitrogen and oxygen atoms in total. The molecule has 6 heteroatoms. The summed E-state index contributed by atoms with van der Waals surface area (Å²) in [6.07, 6.45) is 3.24. The number of carboxylic acid groups (broad SMARTS) is 1. The molecule has 0 aromatic carbocycles. The highest BCUT2D eigenvalue weighted by Gasteiger charge is 2.41. The maximum atomic E-state index is 11.6. The average Bonchev–Trinajstić information content (AvgIpc) is 3.00. The van der Waals surface area contributed by atoms with Gasteiger partial charge in [-0.25, -0.2) is 4.79 Å². The van der Waals surface area contributed by atoms with E-state index in [4.69, 9.17) is 9.84 Å². The topological polar surface area (TPSA) is 87.7 Å². The molecule has 3 atom stereocenters. The molecule has 0 aromatic heterocycles. The van der Waals surface area contributed by atoms with Gasteiger partial charge in [0, 0.05) is 6.61 Å². The summed E-state index contributed by atoms with van der Waals surface area (Å²) >= 11 is 0. The summed E-state index contributed by atoms with van der Waals surface area (Å²) in [7, 11) is 0. The van der Waals surface area contributed by atoms with Crippen LogP contribution >= 0.6 is 0 Å². The summed E-state index contributed by atoms with van der Waals surface area (Å²) in [6.45, 7) is 2.10. The number of ether oxygens (including phenoxy) is 1. The van der Waals surface area contributed by atoms with Gasteiger partial charge in [0.2, 0.25) is 0 Å². The Bertz CT molecular complexity index is 317. The van der Waals surface area contributed by atoms with Crippen molar-refractivity contribution in [3.05, 3.63) is 0 Å². The smallest absolute Gasteiger partial charge is 0.325 e. The van der Waals surface area contributed by atoms with Crippen molar-refractivity contribution in [3.63, 3.8) is 0 Å². The van der Waals surface area contributed by atoms with Gasteiger partial charge in [-0.15, -0.1) is 0 Å². The van der Waals surface area contributed by atoms with E-state index in [2.05, 4.69) is 10.6 Å². The van der Waals surface area contributed by atoms with Crippen LogP contribution in [0.4, 0.5) is 4.79 Å². The van der Waals surface area contributed by atoms with Crippen LogP contribution in [0.3, 0.4) is 0 Å². The standard InChI is InChI=1S/C11H18N2O4/c1-6(10(14)15)12-11(16)13-8-4-5-17-9(8)7-2-3-7/h6-9H,2-5H2,1H3,(H,14,15)(H2,12,13,16). The first-order valence-electron chi connectivity index (χ1n) is 5.99.